The summed E-state index contributed by atoms with van der Waals surface area (Å²) in [7, 11) is 1.64. The van der Waals surface area contributed by atoms with Gasteiger partial charge in [-0.3, -0.25) is 4.79 Å². The molecule has 11 heteroatoms. The molecule has 4 aromatic rings. The lowest BCUT2D eigenvalue weighted by molar-refractivity contribution is -0.143. The van der Waals surface area contributed by atoms with Gasteiger partial charge in [-0.15, -0.1) is 16.4 Å². The second-order valence-electron chi connectivity index (χ2n) is 8.72. The first-order valence-corrected chi connectivity index (χ1v) is 12.9. The quantitative estimate of drug-likeness (QED) is 0.455. The third-order valence-corrected chi connectivity index (χ3v) is 8.52. The molecule has 0 saturated carbocycles. The van der Waals surface area contributed by atoms with Gasteiger partial charge in [-0.05, 0) is 49.3 Å². The molecule has 1 N–H and O–H groups in total. The lowest BCUT2D eigenvalue weighted by Gasteiger charge is -2.36. The van der Waals surface area contributed by atoms with E-state index in [4.69, 9.17) is 9.47 Å². The van der Waals surface area contributed by atoms with Crippen LogP contribution in [-0.4, -0.2) is 63.3 Å². The maximum absolute atomic E-state index is 13.3. The molecular formula is C23H24N6O3S2. The molecule has 1 amide bonds. The van der Waals surface area contributed by atoms with E-state index in [-0.39, 0.29) is 17.9 Å². The van der Waals surface area contributed by atoms with Crippen LogP contribution < -0.4 is 10.1 Å². The minimum absolute atomic E-state index is 0.00631. The van der Waals surface area contributed by atoms with E-state index in [9.17, 15) is 4.79 Å². The van der Waals surface area contributed by atoms with Crippen LogP contribution >= 0.6 is 22.9 Å². The number of morpholine rings is 1. The van der Waals surface area contributed by atoms with Crippen molar-refractivity contribution < 1.29 is 14.3 Å². The number of methoxy groups -OCH3 is 1. The summed E-state index contributed by atoms with van der Waals surface area (Å²) in [6.45, 7) is 3.97. The summed E-state index contributed by atoms with van der Waals surface area (Å²) in [4.78, 5) is 26.6. The van der Waals surface area contributed by atoms with E-state index in [2.05, 4.69) is 31.8 Å². The molecule has 34 heavy (non-hydrogen) atoms. The normalized spacial score (nSPS) is 20.5. The number of thiophene rings is 1. The Kier molecular flexibility index (Phi) is 5.54. The number of anilines is 2. The van der Waals surface area contributed by atoms with E-state index in [0.29, 0.717) is 25.5 Å². The van der Waals surface area contributed by atoms with E-state index in [1.165, 1.54) is 22.0 Å². The number of nitrogens with one attached hydrogen (secondary N) is 1. The Hall–Kier alpha value is -2.89. The number of fused-ring (bicyclic) bond motifs is 4. The molecule has 1 saturated heterocycles. The Balaban J connectivity index is 1.32. The smallest absolute Gasteiger partial charge is 0.226 e. The minimum atomic E-state index is 0.00631. The van der Waals surface area contributed by atoms with Crippen LogP contribution in [0.5, 0.6) is 5.75 Å². The van der Waals surface area contributed by atoms with Gasteiger partial charge in [0.2, 0.25) is 5.91 Å². The van der Waals surface area contributed by atoms with Crippen molar-refractivity contribution in [3.8, 4) is 5.75 Å². The van der Waals surface area contributed by atoms with Crippen molar-refractivity contribution in [1.82, 2.24) is 24.5 Å². The SMILES string of the molecule is COc1cc2nnsc2cc1Nc1ncnc2sc3c(c12)CC[C@H](C(=O)N1CCOC[C@H]1C)C3. The van der Waals surface area contributed by atoms with Crippen molar-refractivity contribution in [2.45, 2.75) is 32.2 Å². The fraction of sp³-hybridized carbons (Fsp3) is 0.435. The van der Waals surface area contributed by atoms with Crippen molar-refractivity contribution in [3.63, 3.8) is 0 Å². The predicted octanol–water partition coefficient (Wildman–Crippen LogP) is 3.80. The number of rotatable bonds is 4. The van der Waals surface area contributed by atoms with Gasteiger partial charge in [0.1, 0.15) is 28.2 Å². The van der Waals surface area contributed by atoms with Gasteiger partial charge >= 0.3 is 0 Å². The van der Waals surface area contributed by atoms with Crippen LogP contribution in [0.25, 0.3) is 20.4 Å². The van der Waals surface area contributed by atoms with E-state index in [0.717, 1.165) is 51.2 Å². The Morgan fingerprint density at radius 3 is 3.09 bits per heavy atom. The third kappa shape index (κ3) is 3.68. The molecule has 4 heterocycles. The lowest BCUT2D eigenvalue weighted by atomic mass is 9.86. The second kappa shape index (κ2) is 8.71. The molecule has 0 spiro atoms. The molecule has 0 bridgehead atoms. The molecule has 3 aromatic heterocycles. The topological polar surface area (TPSA) is 102 Å². The van der Waals surface area contributed by atoms with Crippen LogP contribution in [0.2, 0.25) is 0 Å². The number of aryl methyl sites for hydroxylation is 1. The van der Waals surface area contributed by atoms with E-state index < -0.39 is 0 Å². The molecule has 0 radical (unpaired) electrons. The highest BCUT2D eigenvalue weighted by Crippen LogP contribution is 2.42. The number of nitrogens with zero attached hydrogens (tertiary/aromatic N) is 5. The average molecular weight is 497 g/mol. The van der Waals surface area contributed by atoms with Crippen LogP contribution in [0.3, 0.4) is 0 Å². The van der Waals surface area contributed by atoms with Crippen molar-refractivity contribution in [1.29, 1.82) is 0 Å². The van der Waals surface area contributed by atoms with Gasteiger partial charge < -0.3 is 19.7 Å². The average Bonchev–Trinajstić information content (AvgIpc) is 3.47. The van der Waals surface area contributed by atoms with E-state index >= 15 is 0 Å². The maximum atomic E-state index is 13.3. The Morgan fingerprint density at radius 1 is 1.32 bits per heavy atom. The number of hydrogen-bond acceptors (Lipinski definition) is 10. The maximum Gasteiger partial charge on any atom is 0.226 e. The zero-order valence-electron chi connectivity index (χ0n) is 18.9. The minimum Gasteiger partial charge on any atom is -0.494 e. The summed E-state index contributed by atoms with van der Waals surface area (Å²) in [6, 6.07) is 4.00. The number of aromatic nitrogens is 4. The molecule has 1 aliphatic carbocycles. The summed E-state index contributed by atoms with van der Waals surface area (Å²) in [5, 5.41) is 8.64. The van der Waals surface area contributed by atoms with Crippen LogP contribution in [0.15, 0.2) is 18.5 Å². The van der Waals surface area contributed by atoms with Crippen molar-refractivity contribution in [3.05, 3.63) is 28.9 Å². The fourth-order valence-corrected chi connectivity index (χ4v) is 6.76. The number of benzene rings is 1. The first-order valence-electron chi connectivity index (χ1n) is 11.3. The van der Waals surface area contributed by atoms with Crippen molar-refractivity contribution in [2.75, 3.05) is 32.2 Å². The van der Waals surface area contributed by atoms with Gasteiger partial charge in [0.05, 0.1) is 42.1 Å². The Morgan fingerprint density at radius 2 is 2.24 bits per heavy atom. The van der Waals surface area contributed by atoms with Gasteiger partial charge in [-0.25, -0.2) is 9.97 Å². The van der Waals surface area contributed by atoms with Gasteiger partial charge in [-0.2, -0.15) is 0 Å². The first-order chi connectivity index (χ1) is 16.6. The second-order valence-corrected chi connectivity index (χ2v) is 10.6. The molecule has 1 fully saturated rings. The molecule has 1 aliphatic heterocycles. The highest BCUT2D eigenvalue weighted by atomic mass is 32.1. The molecule has 6 rings (SSSR count). The largest absolute Gasteiger partial charge is 0.494 e. The van der Waals surface area contributed by atoms with Crippen LogP contribution in [-0.2, 0) is 22.4 Å². The van der Waals surface area contributed by atoms with Gasteiger partial charge in [0, 0.05) is 23.4 Å². The highest BCUT2D eigenvalue weighted by Gasteiger charge is 2.34. The van der Waals surface area contributed by atoms with E-state index in [1.54, 1.807) is 24.8 Å². The molecular weight excluding hydrogens is 472 g/mol. The summed E-state index contributed by atoms with van der Waals surface area (Å²) >= 11 is 3.01. The molecule has 1 aromatic carbocycles. The van der Waals surface area contributed by atoms with Gasteiger partial charge in [0.25, 0.3) is 0 Å². The number of carbonyl (C=O) groups excluding carboxylic acids is 1. The summed E-state index contributed by atoms with van der Waals surface area (Å²) in [5.41, 5.74) is 2.87. The van der Waals surface area contributed by atoms with Crippen molar-refractivity contribution >= 4 is 60.7 Å². The summed E-state index contributed by atoms with van der Waals surface area (Å²) < 4.78 is 16.1. The van der Waals surface area contributed by atoms with Crippen LogP contribution in [0, 0.1) is 5.92 Å². The van der Waals surface area contributed by atoms with Gasteiger partial charge in [0.15, 0.2) is 0 Å². The molecule has 9 nitrogen and oxygen atoms in total. The number of ether oxygens (including phenoxy) is 2. The molecule has 176 valence electrons. The number of hydrogen-bond donors (Lipinski definition) is 1. The zero-order valence-corrected chi connectivity index (χ0v) is 20.5. The summed E-state index contributed by atoms with van der Waals surface area (Å²) in [5.74, 6) is 1.69. The van der Waals surface area contributed by atoms with Gasteiger partial charge in [-0.1, -0.05) is 4.49 Å². The molecule has 2 aliphatic rings. The summed E-state index contributed by atoms with van der Waals surface area (Å²) in [6.07, 6.45) is 4.00. The standard InChI is InChI=1S/C23H24N6O3S2/c1-12-10-32-6-5-29(12)23(30)13-3-4-14-18(7-13)33-22-20(14)21(24-11-25-22)26-15-9-19-16(27-28-34-19)8-17(15)31-2/h8-9,11-13H,3-7,10H2,1-2H3,(H,24,25,26)/t12-,13+/m1/s1. The first kappa shape index (κ1) is 21.6. The van der Waals surface area contributed by atoms with E-state index in [1.807, 2.05) is 17.0 Å². The lowest BCUT2D eigenvalue weighted by Crippen LogP contribution is -2.50. The van der Waals surface area contributed by atoms with Crippen molar-refractivity contribution in [2.24, 2.45) is 5.92 Å². The Bertz CT molecular complexity index is 1390. The monoisotopic (exact) mass is 496 g/mol. The molecule has 2 atom stereocenters. The van der Waals surface area contributed by atoms with Crippen LogP contribution in [0.1, 0.15) is 23.8 Å². The number of carbonyl (C=O) groups is 1. The zero-order chi connectivity index (χ0) is 23.2. The number of amides is 1. The molecule has 0 unspecified atom stereocenters. The fourth-order valence-electron chi connectivity index (χ4n) is 4.91. The predicted molar refractivity (Wildman–Crippen MR) is 132 cm³/mol. The third-order valence-electron chi connectivity index (χ3n) is 6.67. The highest BCUT2D eigenvalue weighted by molar-refractivity contribution is 7.19. The van der Waals surface area contributed by atoms with Crippen LogP contribution in [0.4, 0.5) is 11.5 Å². The Labute approximate surface area is 204 Å².